The molecule has 6 heavy (non-hydrogen) atoms. The summed E-state index contributed by atoms with van der Waals surface area (Å²) >= 11 is -0.688. The van der Waals surface area contributed by atoms with Crippen molar-refractivity contribution < 1.29 is 12.5 Å². The van der Waals surface area contributed by atoms with Gasteiger partial charge in [0.15, 0.2) is 0 Å². The van der Waals surface area contributed by atoms with Crippen LogP contribution in [0.1, 0.15) is 0 Å². The van der Waals surface area contributed by atoms with Crippen molar-refractivity contribution in [2.24, 2.45) is 0 Å². The molecule has 0 aliphatic heterocycles. The molecular weight excluding hydrogens is 142 g/mol. The minimum absolute atomic E-state index is 0. The molecule has 0 aliphatic carbocycles. The van der Waals surface area contributed by atoms with Gasteiger partial charge in [-0.3, -0.25) is 0 Å². The van der Waals surface area contributed by atoms with Gasteiger partial charge >= 0.3 is 39.4 Å². The molecule has 0 spiro atoms. The van der Waals surface area contributed by atoms with Crippen LogP contribution in [0, 0.1) is 0 Å². The average molecular weight is 150 g/mol. The van der Waals surface area contributed by atoms with E-state index in [9.17, 15) is 0 Å². The predicted octanol–water partition coefficient (Wildman–Crippen LogP) is -1.01. The monoisotopic (exact) mass is 149 g/mol. The van der Waals surface area contributed by atoms with E-state index >= 15 is 0 Å². The second kappa shape index (κ2) is 9.10. The normalized spacial score (nSPS) is 6.33. The van der Waals surface area contributed by atoms with E-state index in [4.69, 9.17) is 0 Å². The molecule has 0 unspecified atom stereocenters. The minimum atomic E-state index is -0.688. The Labute approximate surface area is 45.6 Å². The van der Waals surface area contributed by atoms with E-state index in [1.54, 1.807) is 14.2 Å². The van der Waals surface area contributed by atoms with Gasteiger partial charge in [0.2, 0.25) is 0 Å². The molecular formula is C2H8GaO3. The molecule has 1 radical (unpaired) electrons. The summed E-state index contributed by atoms with van der Waals surface area (Å²) in [5, 5.41) is 0. The van der Waals surface area contributed by atoms with Crippen molar-refractivity contribution in [1.29, 1.82) is 0 Å². The molecule has 0 aliphatic rings. The number of hydrogen-bond donors (Lipinski definition) is 0. The second-order valence-corrected chi connectivity index (χ2v) is 2.95. The Morgan fingerprint density at radius 3 is 1.50 bits per heavy atom. The first-order chi connectivity index (χ1) is 2.41. The molecule has 0 saturated carbocycles. The summed E-state index contributed by atoms with van der Waals surface area (Å²) < 4.78 is 9.25. The molecule has 2 N–H and O–H groups in total. The molecule has 0 atom stereocenters. The largest absolute Gasteiger partial charge is 0.412 e. The molecule has 0 heterocycles. The van der Waals surface area contributed by atoms with Crippen molar-refractivity contribution in [1.82, 2.24) is 0 Å². The Bertz CT molecular complexity index is 16.3. The van der Waals surface area contributed by atoms with E-state index in [0.29, 0.717) is 0 Å². The van der Waals surface area contributed by atoms with Crippen LogP contribution < -0.4 is 0 Å². The van der Waals surface area contributed by atoms with Crippen molar-refractivity contribution >= 4 is 18.1 Å². The van der Waals surface area contributed by atoms with Gasteiger partial charge < -0.3 is 5.48 Å². The summed E-state index contributed by atoms with van der Waals surface area (Å²) in [4.78, 5) is 0. The Kier molecular flexibility index (Phi) is 14.7. The fourth-order valence-corrected chi connectivity index (χ4v) is 0.500. The zero-order valence-electron chi connectivity index (χ0n) is 3.89. The Morgan fingerprint density at radius 1 is 1.17 bits per heavy atom. The van der Waals surface area contributed by atoms with Crippen molar-refractivity contribution in [3.05, 3.63) is 0 Å². The zero-order valence-corrected chi connectivity index (χ0v) is 6.32. The van der Waals surface area contributed by atoms with E-state index in [2.05, 4.69) is 7.06 Å². The molecule has 4 heteroatoms. The van der Waals surface area contributed by atoms with Crippen LogP contribution in [0.4, 0.5) is 0 Å². The molecule has 0 saturated heterocycles. The molecule has 0 rings (SSSR count). The average Bonchev–Trinajstić information content (AvgIpc) is 1.41. The minimum Gasteiger partial charge on any atom is -0.412 e. The van der Waals surface area contributed by atoms with Gasteiger partial charge in [0.05, 0.1) is 0 Å². The molecule has 0 aromatic rings. The quantitative estimate of drug-likeness (QED) is 0.473. The third kappa shape index (κ3) is 8.82. The Balaban J connectivity index is 0. The van der Waals surface area contributed by atoms with Crippen LogP contribution in [0.25, 0.3) is 0 Å². The van der Waals surface area contributed by atoms with E-state index in [1.165, 1.54) is 0 Å². The summed E-state index contributed by atoms with van der Waals surface area (Å²) in [6, 6.07) is 0. The van der Waals surface area contributed by atoms with E-state index in [1.807, 2.05) is 0 Å². The summed E-state index contributed by atoms with van der Waals surface area (Å²) in [5.74, 6) is 0. The zero-order chi connectivity index (χ0) is 4.12. The second-order valence-electron chi connectivity index (χ2n) is 0.568. The summed E-state index contributed by atoms with van der Waals surface area (Å²) in [7, 11) is 3.31. The summed E-state index contributed by atoms with van der Waals surface area (Å²) in [6.45, 7) is 0. The van der Waals surface area contributed by atoms with Crippen molar-refractivity contribution in [2.75, 3.05) is 14.2 Å². The Morgan fingerprint density at radius 2 is 1.50 bits per heavy atom. The van der Waals surface area contributed by atoms with Gasteiger partial charge in [-0.05, 0) is 0 Å². The van der Waals surface area contributed by atoms with E-state index in [0.717, 1.165) is 0 Å². The maximum absolute atomic E-state index is 4.62. The van der Waals surface area contributed by atoms with Gasteiger partial charge in [-0.2, -0.15) is 0 Å². The SMILES string of the molecule is C[O][Ga][O]C.O. The molecule has 0 aromatic carbocycles. The van der Waals surface area contributed by atoms with Crippen molar-refractivity contribution in [2.45, 2.75) is 0 Å². The third-order valence-electron chi connectivity index (χ3n) is 0.192. The first kappa shape index (κ1) is 9.72. The van der Waals surface area contributed by atoms with Crippen LogP contribution in [0.2, 0.25) is 0 Å². The Hall–Kier alpha value is 0.516. The molecule has 37 valence electrons. The molecule has 0 amide bonds. The molecule has 3 nitrogen and oxygen atoms in total. The first-order valence-corrected chi connectivity index (χ1v) is 3.27. The fourth-order valence-electron chi connectivity index (χ4n) is 0.0962. The van der Waals surface area contributed by atoms with Gasteiger partial charge in [0.1, 0.15) is 0 Å². The molecule has 0 aromatic heterocycles. The van der Waals surface area contributed by atoms with Crippen LogP contribution in [0.3, 0.4) is 0 Å². The van der Waals surface area contributed by atoms with Gasteiger partial charge in [-0.1, -0.05) is 0 Å². The number of hydrogen-bond acceptors (Lipinski definition) is 2. The smallest absolute Gasteiger partial charge is 0.412 e. The standard InChI is InChI=1S/2CH3O.Ga.H2O/c2*1-2;;/h2*1H3;;1H2/q2*-1;+2;. The molecule has 0 fully saturated rings. The van der Waals surface area contributed by atoms with Crippen LogP contribution in [-0.2, 0) is 7.06 Å². The molecule has 0 bridgehead atoms. The van der Waals surface area contributed by atoms with Gasteiger partial charge in [0.25, 0.3) is 0 Å². The van der Waals surface area contributed by atoms with Crippen LogP contribution in [0.15, 0.2) is 0 Å². The predicted molar refractivity (Wildman–Crippen MR) is 23.4 cm³/mol. The fraction of sp³-hybridized carbons (Fsp3) is 1.00. The van der Waals surface area contributed by atoms with Gasteiger partial charge in [-0.15, -0.1) is 0 Å². The van der Waals surface area contributed by atoms with Crippen molar-refractivity contribution in [3.8, 4) is 0 Å². The first-order valence-electron chi connectivity index (χ1n) is 1.29. The van der Waals surface area contributed by atoms with Gasteiger partial charge in [-0.25, -0.2) is 0 Å². The van der Waals surface area contributed by atoms with Crippen LogP contribution in [0.5, 0.6) is 0 Å². The van der Waals surface area contributed by atoms with E-state index < -0.39 is 18.1 Å². The van der Waals surface area contributed by atoms with Crippen LogP contribution >= 0.6 is 0 Å². The van der Waals surface area contributed by atoms with E-state index in [-0.39, 0.29) is 5.48 Å². The summed E-state index contributed by atoms with van der Waals surface area (Å²) in [6.07, 6.45) is 0. The number of rotatable bonds is 2. The maximum atomic E-state index is 4.62. The third-order valence-corrected chi connectivity index (χ3v) is 1.00. The summed E-state index contributed by atoms with van der Waals surface area (Å²) in [5.41, 5.74) is 0. The van der Waals surface area contributed by atoms with Crippen LogP contribution in [-0.4, -0.2) is 37.8 Å². The topological polar surface area (TPSA) is 50.0 Å². The van der Waals surface area contributed by atoms with Gasteiger partial charge in [0, 0.05) is 0 Å². The maximum Gasteiger partial charge on any atom is -0.412 e. The van der Waals surface area contributed by atoms with Crippen molar-refractivity contribution in [3.63, 3.8) is 0 Å².